The maximum Gasteiger partial charge on any atom is 0.226 e. The highest BCUT2D eigenvalue weighted by molar-refractivity contribution is 5.67. The van der Waals surface area contributed by atoms with E-state index in [1.165, 1.54) is 16.8 Å². The molecule has 5 heteroatoms. The van der Waals surface area contributed by atoms with Gasteiger partial charge in [0, 0.05) is 56.4 Å². The summed E-state index contributed by atoms with van der Waals surface area (Å²) in [5.41, 5.74) is 5.69. The summed E-state index contributed by atoms with van der Waals surface area (Å²) < 4.78 is 6.02. The predicted octanol–water partition coefficient (Wildman–Crippen LogP) is 5.03. The van der Waals surface area contributed by atoms with Crippen LogP contribution in [0.25, 0.3) is 22.6 Å². The molecule has 5 nitrogen and oxygen atoms in total. The van der Waals surface area contributed by atoms with Crippen molar-refractivity contribution in [2.75, 3.05) is 31.1 Å². The summed E-state index contributed by atoms with van der Waals surface area (Å²) in [5, 5.41) is 0. The van der Waals surface area contributed by atoms with Crippen molar-refractivity contribution >= 4 is 5.69 Å². The third-order valence-electron chi connectivity index (χ3n) is 5.91. The van der Waals surface area contributed by atoms with Crippen molar-refractivity contribution < 1.29 is 4.42 Å². The molecule has 0 saturated carbocycles. The topological polar surface area (TPSA) is 45.4 Å². The SMILES string of the molecule is Cc1oc(-c2ccc(-c3ccccc3)cc2)nc1CN1CCN(c2ccncc2)CC1. The lowest BCUT2D eigenvalue weighted by atomic mass is 10.0. The Balaban J connectivity index is 1.24. The van der Waals surface area contributed by atoms with E-state index in [1.807, 2.05) is 25.4 Å². The third kappa shape index (κ3) is 4.37. The van der Waals surface area contributed by atoms with Crippen LogP contribution in [0.1, 0.15) is 11.5 Å². The molecule has 0 amide bonds. The number of oxazole rings is 1. The fraction of sp³-hybridized carbons (Fsp3) is 0.231. The minimum atomic E-state index is 0.697. The van der Waals surface area contributed by atoms with E-state index in [1.54, 1.807) is 0 Å². The molecule has 5 rings (SSSR count). The number of rotatable bonds is 5. The van der Waals surface area contributed by atoms with Crippen LogP contribution in [0.4, 0.5) is 5.69 Å². The molecule has 4 aromatic rings. The van der Waals surface area contributed by atoms with Crippen LogP contribution in [0.5, 0.6) is 0 Å². The summed E-state index contributed by atoms with van der Waals surface area (Å²) in [5.74, 6) is 1.60. The minimum absolute atomic E-state index is 0.697. The van der Waals surface area contributed by atoms with Crippen molar-refractivity contribution in [1.82, 2.24) is 14.9 Å². The van der Waals surface area contributed by atoms with Gasteiger partial charge in [-0.2, -0.15) is 0 Å². The summed E-state index contributed by atoms with van der Waals surface area (Å²) in [6.07, 6.45) is 3.71. The molecule has 0 N–H and O–H groups in total. The Hall–Kier alpha value is -3.44. The standard InChI is InChI=1S/C26H26N4O/c1-20-25(19-29-15-17-30(18-16-29)24-11-13-27-14-12-24)28-26(31-20)23-9-7-22(8-10-23)21-5-3-2-4-6-21/h2-14H,15-19H2,1H3. The molecule has 1 aliphatic rings. The molecule has 3 heterocycles. The number of nitrogens with zero attached hydrogens (tertiary/aromatic N) is 4. The molecule has 0 atom stereocenters. The van der Waals surface area contributed by atoms with Crippen LogP contribution in [-0.2, 0) is 6.54 Å². The highest BCUT2D eigenvalue weighted by Gasteiger charge is 2.20. The van der Waals surface area contributed by atoms with E-state index in [0.717, 1.165) is 49.7 Å². The second kappa shape index (κ2) is 8.74. The van der Waals surface area contributed by atoms with Gasteiger partial charge in [-0.05, 0) is 42.3 Å². The van der Waals surface area contributed by atoms with Gasteiger partial charge in [-0.25, -0.2) is 4.98 Å². The van der Waals surface area contributed by atoms with Crippen LogP contribution < -0.4 is 4.90 Å². The van der Waals surface area contributed by atoms with E-state index in [0.29, 0.717) is 5.89 Å². The summed E-state index contributed by atoms with van der Waals surface area (Å²) in [4.78, 5) is 13.8. The van der Waals surface area contributed by atoms with Gasteiger partial charge in [0.2, 0.25) is 5.89 Å². The molecule has 31 heavy (non-hydrogen) atoms. The molecule has 0 aliphatic carbocycles. The summed E-state index contributed by atoms with van der Waals surface area (Å²) in [6.45, 7) is 6.87. The molecule has 1 aliphatic heterocycles. The van der Waals surface area contributed by atoms with E-state index >= 15 is 0 Å². The van der Waals surface area contributed by atoms with Crippen molar-refractivity contribution in [2.45, 2.75) is 13.5 Å². The number of hydrogen-bond acceptors (Lipinski definition) is 5. The molecule has 2 aromatic carbocycles. The van der Waals surface area contributed by atoms with E-state index in [4.69, 9.17) is 9.40 Å². The molecule has 0 unspecified atom stereocenters. The number of aromatic nitrogens is 2. The number of hydrogen-bond donors (Lipinski definition) is 0. The fourth-order valence-electron chi connectivity index (χ4n) is 4.06. The zero-order chi connectivity index (χ0) is 21.0. The summed E-state index contributed by atoms with van der Waals surface area (Å²) in [6, 6.07) is 23.0. The first kappa shape index (κ1) is 19.5. The molecule has 0 radical (unpaired) electrons. The largest absolute Gasteiger partial charge is 0.441 e. The van der Waals surface area contributed by atoms with Crippen molar-refractivity contribution in [2.24, 2.45) is 0 Å². The van der Waals surface area contributed by atoms with E-state index < -0.39 is 0 Å². The van der Waals surface area contributed by atoms with Gasteiger partial charge in [0.1, 0.15) is 5.76 Å². The molecule has 1 saturated heterocycles. The summed E-state index contributed by atoms with van der Waals surface area (Å²) in [7, 11) is 0. The van der Waals surface area contributed by atoms with Gasteiger partial charge < -0.3 is 9.32 Å². The number of anilines is 1. The van der Waals surface area contributed by atoms with Crippen molar-refractivity contribution in [3.8, 4) is 22.6 Å². The Labute approximate surface area is 183 Å². The van der Waals surface area contributed by atoms with Gasteiger partial charge in [0.15, 0.2) is 0 Å². The zero-order valence-electron chi connectivity index (χ0n) is 17.7. The normalized spacial score (nSPS) is 14.7. The Bertz CT molecular complexity index is 1120. The lowest BCUT2D eigenvalue weighted by Crippen LogP contribution is -2.46. The predicted molar refractivity (Wildman–Crippen MR) is 124 cm³/mol. The number of piperazine rings is 1. The van der Waals surface area contributed by atoms with Gasteiger partial charge in [-0.1, -0.05) is 42.5 Å². The molecular formula is C26H26N4O. The first-order chi connectivity index (χ1) is 15.3. The average molecular weight is 411 g/mol. The number of aryl methyl sites for hydroxylation is 1. The Morgan fingerprint density at radius 1 is 0.774 bits per heavy atom. The molecule has 2 aromatic heterocycles. The van der Waals surface area contributed by atoms with Gasteiger partial charge in [0.25, 0.3) is 0 Å². The monoisotopic (exact) mass is 410 g/mol. The maximum atomic E-state index is 6.02. The molecule has 0 spiro atoms. The van der Waals surface area contributed by atoms with E-state index in [2.05, 4.69) is 75.4 Å². The third-order valence-corrected chi connectivity index (χ3v) is 5.91. The van der Waals surface area contributed by atoms with Crippen LogP contribution in [0, 0.1) is 6.92 Å². The van der Waals surface area contributed by atoms with Crippen LogP contribution in [0.3, 0.4) is 0 Å². The molecular weight excluding hydrogens is 384 g/mol. The first-order valence-corrected chi connectivity index (χ1v) is 10.8. The number of pyridine rings is 1. The first-order valence-electron chi connectivity index (χ1n) is 10.8. The van der Waals surface area contributed by atoms with Crippen LogP contribution in [-0.4, -0.2) is 41.0 Å². The van der Waals surface area contributed by atoms with Gasteiger partial charge >= 0.3 is 0 Å². The smallest absolute Gasteiger partial charge is 0.226 e. The molecule has 0 bridgehead atoms. The fourth-order valence-corrected chi connectivity index (χ4v) is 4.06. The number of benzene rings is 2. The second-order valence-corrected chi connectivity index (χ2v) is 7.93. The minimum Gasteiger partial charge on any atom is -0.441 e. The van der Waals surface area contributed by atoms with Gasteiger partial charge in [0.05, 0.1) is 5.69 Å². The highest BCUT2D eigenvalue weighted by Crippen LogP contribution is 2.26. The maximum absolute atomic E-state index is 6.02. The van der Waals surface area contributed by atoms with E-state index in [9.17, 15) is 0 Å². The van der Waals surface area contributed by atoms with E-state index in [-0.39, 0.29) is 0 Å². The Morgan fingerprint density at radius 2 is 1.42 bits per heavy atom. The lowest BCUT2D eigenvalue weighted by Gasteiger charge is -2.35. The van der Waals surface area contributed by atoms with Crippen molar-refractivity contribution in [3.63, 3.8) is 0 Å². The highest BCUT2D eigenvalue weighted by atomic mass is 16.4. The van der Waals surface area contributed by atoms with Crippen LogP contribution in [0.15, 0.2) is 83.5 Å². The lowest BCUT2D eigenvalue weighted by molar-refractivity contribution is 0.246. The Kier molecular flexibility index (Phi) is 5.50. The molecule has 1 fully saturated rings. The van der Waals surface area contributed by atoms with Crippen molar-refractivity contribution in [3.05, 3.63) is 90.6 Å². The summed E-state index contributed by atoms with van der Waals surface area (Å²) >= 11 is 0. The van der Waals surface area contributed by atoms with Crippen LogP contribution >= 0.6 is 0 Å². The average Bonchev–Trinajstić information content (AvgIpc) is 3.21. The molecule has 156 valence electrons. The van der Waals surface area contributed by atoms with Crippen LogP contribution in [0.2, 0.25) is 0 Å². The van der Waals surface area contributed by atoms with Crippen molar-refractivity contribution in [1.29, 1.82) is 0 Å². The Morgan fingerprint density at radius 3 is 2.13 bits per heavy atom. The second-order valence-electron chi connectivity index (χ2n) is 7.93. The van der Waals surface area contributed by atoms with Gasteiger partial charge in [-0.15, -0.1) is 0 Å². The quantitative estimate of drug-likeness (QED) is 0.462. The zero-order valence-corrected chi connectivity index (χ0v) is 17.7. The van der Waals surface area contributed by atoms with Gasteiger partial charge in [-0.3, -0.25) is 9.88 Å².